The molecule has 0 aliphatic heterocycles. The van der Waals surface area contributed by atoms with E-state index in [-0.39, 0.29) is 18.2 Å². The lowest BCUT2D eigenvalue weighted by Gasteiger charge is -2.05. The summed E-state index contributed by atoms with van der Waals surface area (Å²) < 4.78 is 16.2. The van der Waals surface area contributed by atoms with Crippen molar-refractivity contribution < 1.29 is 23.5 Å². The van der Waals surface area contributed by atoms with Crippen molar-refractivity contribution in [3.8, 4) is 5.75 Å². The molecule has 0 saturated carbocycles. The normalized spacial score (nSPS) is 10.8. The molecule has 3 aromatic rings. The average Bonchev–Trinajstić information content (AvgIpc) is 3.01. The summed E-state index contributed by atoms with van der Waals surface area (Å²) in [7, 11) is 1.56. The first-order valence-electron chi connectivity index (χ1n) is 7.98. The van der Waals surface area contributed by atoms with Gasteiger partial charge >= 0.3 is 5.97 Å². The van der Waals surface area contributed by atoms with Crippen LogP contribution in [-0.2, 0) is 11.3 Å². The molecule has 0 fully saturated rings. The zero-order valence-electron chi connectivity index (χ0n) is 14.1. The number of Topliss-reactive ketones (excluding diaryl/α,β-unsaturated/α-hetero) is 1. The van der Waals surface area contributed by atoms with Crippen molar-refractivity contribution in [1.29, 1.82) is 0 Å². The Labute approximate surface area is 145 Å². The smallest absolute Gasteiger partial charge is 0.380 e. The number of rotatable bonds is 6. The van der Waals surface area contributed by atoms with Gasteiger partial charge in [0.1, 0.15) is 11.3 Å². The Balaban J connectivity index is 1.87. The minimum Gasteiger partial charge on any atom is -0.449 e. The predicted octanol–water partition coefficient (Wildman–Crippen LogP) is 4.39. The maximum Gasteiger partial charge on any atom is 0.380 e. The van der Waals surface area contributed by atoms with E-state index in [4.69, 9.17) is 13.9 Å². The highest BCUT2D eigenvalue weighted by atomic mass is 16.5. The lowest BCUT2D eigenvalue weighted by atomic mass is 10.1. The van der Waals surface area contributed by atoms with Gasteiger partial charge in [-0.25, -0.2) is 4.79 Å². The Morgan fingerprint density at radius 1 is 1.04 bits per heavy atom. The van der Waals surface area contributed by atoms with Crippen molar-refractivity contribution in [1.82, 2.24) is 0 Å². The van der Waals surface area contributed by atoms with Crippen LogP contribution in [0.25, 0.3) is 11.0 Å². The van der Waals surface area contributed by atoms with Crippen molar-refractivity contribution in [2.75, 3.05) is 7.11 Å². The van der Waals surface area contributed by atoms with Crippen LogP contribution in [0.5, 0.6) is 5.75 Å². The topological polar surface area (TPSA) is 65.7 Å². The van der Waals surface area contributed by atoms with Crippen LogP contribution in [-0.4, -0.2) is 18.9 Å². The van der Waals surface area contributed by atoms with E-state index in [2.05, 4.69) is 0 Å². The van der Waals surface area contributed by atoms with Gasteiger partial charge in [-0.3, -0.25) is 4.79 Å². The summed E-state index contributed by atoms with van der Waals surface area (Å²) in [6, 6.07) is 13.8. The first kappa shape index (κ1) is 16.9. The Bertz CT molecular complexity index is 905. The number of para-hydroxylation sites is 1. The number of ketones is 1. The number of methoxy groups -OCH3 is 1. The molecule has 0 amide bonds. The molecule has 5 heteroatoms. The summed E-state index contributed by atoms with van der Waals surface area (Å²) in [4.78, 5) is 24.2. The van der Waals surface area contributed by atoms with E-state index in [9.17, 15) is 9.59 Å². The number of hydrogen-bond donors (Lipinski definition) is 0. The lowest BCUT2D eigenvalue weighted by molar-refractivity contribution is 0.0697. The maximum absolute atomic E-state index is 12.5. The van der Waals surface area contributed by atoms with Crippen LogP contribution in [0, 0.1) is 0 Å². The molecule has 0 saturated heterocycles. The van der Waals surface area contributed by atoms with Crippen LogP contribution in [0.15, 0.2) is 52.9 Å². The van der Waals surface area contributed by atoms with Gasteiger partial charge in [-0.15, -0.1) is 0 Å². The fourth-order valence-electron chi connectivity index (χ4n) is 2.62. The van der Waals surface area contributed by atoms with E-state index in [0.717, 1.165) is 5.39 Å². The first-order chi connectivity index (χ1) is 12.1. The van der Waals surface area contributed by atoms with Gasteiger partial charge in [-0.1, -0.05) is 25.1 Å². The van der Waals surface area contributed by atoms with Crippen molar-refractivity contribution in [3.63, 3.8) is 0 Å². The third kappa shape index (κ3) is 3.46. The number of fused-ring (bicyclic) bond motifs is 1. The molecule has 2 aromatic carbocycles. The zero-order valence-corrected chi connectivity index (χ0v) is 14.1. The number of benzene rings is 2. The summed E-state index contributed by atoms with van der Waals surface area (Å²) in [5, 5.41) is 0.820. The number of carbonyl (C=O) groups excluding carboxylic acids is 2. The molecule has 0 atom stereocenters. The molecule has 0 bridgehead atoms. The van der Waals surface area contributed by atoms with Gasteiger partial charge in [-0.05, 0) is 30.3 Å². The molecule has 0 N–H and O–H groups in total. The second-order valence-electron chi connectivity index (χ2n) is 5.53. The minimum absolute atomic E-state index is 0.0394. The summed E-state index contributed by atoms with van der Waals surface area (Å²) in [5.74, 6) is -0.0893. The number of esters is 1. The fraction of sp³-hybridized carbons (Fsp3) is 0.200. The molecule has 1 heterocycles. The number of hydrogen-bond acceptors (Lipinski definition) is 5. The van der Waals surface area contributed by atoms with Crippen LogP contribution in [0.4, 0.5) is 0 Å². The first-order valence-corrected chi connectivity index (χ1v) is 7.98. The molecule has 128 valence electrons. The maximum atomic E-state index is 12.5. The number of furan rings is 1. The van der Waals surface area contributed by atoms with Crippen LogP contribution in [0.2, 0.25) is 0 Å². The standard InChI is InChI=1S/C20H18O5/c1-3-17(21)13-8-10-14(11-9-13)24-20(22)19-16(12-23-2)15-6-4-5-7-18(15)25-19/h4-11H,3,12H2,1-2H3. The third-order valence-corrected chi connectivity index (χ3v) is 3.88. The molecule has 3 rings (SSSR count). The second-order valence-corrected chi connectivity index (χ2v) is 5.53. The monoisotopic (exact) mass is 338 g/mol. The Morgan fingerprint density at radius 3 is 2.44 bits per heavy atom. The average molecular weight is 338 g/mol. The third-order valence-electron chi connectivity index (χ3n) is 3.88. The van der Waals surface area contributed by atoms with Crippen molar-refractivity contribution in [2.24, 2.45) is 0 Å². The van der Waals surface area contributed by atoms with Gasteiger partial charge in [0.15, 0.2) is 5.78 Å². The molecule has 5 nitrogen and oxygen atoms in total. The van der Waals surface area contributed by atoms with Crippen molar-refractivity contribution in [3.05, 3.63) is 65.4 Å². The molecule has 0 unspecified atom stereocenters. The van der Waals surface area contributed by atoms with E-state index < -0.39 is 5.97 Å². The lowest BCUT2D eigenvalue weighted by Crippen LogP contribution is -2.10. The number of carbonyl (C=O) groups is 2. The van der Waals surface area contributed by atoms with Crippen LogP contribution >= 0.6 is 0 Å². The van der Waals surface area contributed by atoms with Crippen molar-refractivity contribution >= 4 is 22.7 Å². The van der Waals surface area contributed by atoms with Gasteiger partial charge in [0, 0.05) is 30.0 Å². The molecular formula is C20H18O5. The molecule has 0 radical (unpaired) electrons. The molecule has 0 aliphatic carbocycles. The number of ether oxygens (including phenoxy) is 2. The van der Waals surface area contributed by atoms with Crippen molar-refractivity contribution in [2.45, 2.75) is 20.0 Å². The summed E-state index contributed by atoms with van der Waals surface area (Å²) in [6.07, 6.45) is 0.429. The van der Waals surface area contributed by atoms with E-state index in [1.807, 2.05) is 18.2 Å². The van der Waals surface area contributed by atoms with Gasteiger partial charge < -0.3 is 13.9 Å². The SMILES string of the molecule is CCC(=O)c1ccc(OC(=O)c2oc3ccccc3c2COC)cc1. The van der Waals surface area contributed by atoms with Gasteiger partial charge in [-0.2, -0.15) is 0 Å². The highest BCUT2D eigenvalue weighted by Gasteiger charge is 2.22. The molecule has 0 aliphatic rings. The van der Waals surface area contributed by atoms with E-state index in [0.29, 0.717) is 28.9 Å². The predicted molar refractivity (Wildman–Crippen MR) is 92.9 cm³/mol. The quantitative estimate of drug-likeness (QED) is 0.379. The van der Waals surface area contributed by atoms with Crippen LogP contribution in [0.3, 0.4) is 0 Å². The Kier molecular flexibility index (Phi) is 4.95. The molecular weight excluding hydrogens is 320 g/mol. The largest absolute Gasteiger partial charge is 0.449 e. The highest BCUT2D eigenvalue weighted by molar-refractivity contribution is 5.97. The van der Waals surface area contributed by atoms with E-state index in [1.54, 1.807) is 44.4 Å². The van der Waals surface area contributed by atoms with Gasteiger partial charge in [0.2, 0.25) is 5.76 Å². The minimum atomic E-state index is -0.599. The summed E-state index contributed by atoms with van der Waals surface area (Å²) in [5.41, 5.74) is 1.84. The molecule has 0 spiro atoms. The van der Waals surface area contributed by atoms with Crippen LogP contribution in [0.1, 0.15) is 39.8 Å². The Morgan fingerprint density at radius 2 is 1.76 bits per heavy atom. The summed E-state index contributed by atoms with van der Waals surface area (Å²) in [6.45, 7) is 2.04. The van der Waals surface area contributed by atoms with E-state index in [1.165, 1.54) is 0 Å². The highest BCUT2D eigenvalue weighted by Crippen LogP contribution is 2.27. The van der Waals surface area contributed by atoms with Gasteiger partial charge in [0.25, 0.3) is 0 Å². The zero-order chi connectivity index (χ0) is 17.8. The fourth-order valence-corrected chi connectivity index (χ4v) is 2.62. The van der Waals surface area contributed by atoms with Crippen LogP contribution < -0.4 is 4.74 Å². The second kappa shape index (κ2) is 7.32. The molecule has 1 aromatic heterocycles. The molecule has 25 heavy (non-hydrogen) atoms. The van der Waals surface area contributed by atoms with E-state index >= 15 is 0 Å². The summed E-state index contributed by atoms with van der Waals surface area (Å²) >= 11 is 0. The van der Waals surface area contributed by atoms with Gasteiger partial charge in [0.05, 0.1) is 6.61 Å². The Hall–Kier alpha value is -2.92.